The van der Waals surface area contributed by atoms with Crippen LogP contribution in [0.5, 0.6) is 0 Å². The molecule has 1 aromatic rings. The van der Waals surface area contributed by atoms with Crippen molar-refractivity contribution in [2.45, 2.75) is 39.2 Å². The number of aryl methyl sites for hydroxylation is 2. The zero-order valence-corrected chi connectivity index (χ0v) is 13.1. The molecule has 0 aliphatic heterocycles. The van der Waals surface area contributed by atoms with E-state index >= 15 is 0 Å². The topological polar surface area (TPSA) is 78.6 Å². The summed E-state index contributed by atoms with van der Waals surface area (Å²) >= 11 is 0. The molecule has 0 saturated heterocycles. The molecule has 1 aromatic carbocycles. The van der Waals surface area contributed by atoms with Crippen LogP contribution in [-0.2, 0) is 38.4 Å². The van der Waals surface area contributed by atoms with Gasteiger partial charge in [0.25, 0.3) is 0 Å². The van der Waals surface area contributed by atoms with Gasteiger partial charge in [-0.3, -0.25) is 9.59 Å². The normalized spacial score (nSPS) is 10.6. The van der Waals surface area contributed by atoms with Crippen molar-refractivity contribution in [3.63, 3.8) is 0 Å². The minimum absolute atomic E-state index is 0.418. The number of rotatable bonds is 6. The lowest BCUT2D eigenvalue weighted by Crippen LogP contribution is -2.27. The Balaban J connectivity index is 3.55. The number of esters is 2. The molecule has 0 amide bonds. The highest BCUT2D eigenvalue weighted by Gasteiger charge is 2.34. The molecule has 0 fully saturated rings. The van der Waals surface area contributed by atoms with Crippen molar-refractivity contribution < 1.29 is 19.1 Å². The fraction of sp³-hybridized carbons (Fsp3) is 0.500. The second kappa shape index (κ2) is 7.78. The van der Waals surface area contributed by atoms with E-state index in [1.807, 2.05) is 26.0 Å². The number of ether oxygens (including phenoxy) is 2. The Morgan fingerprint density at radius 3 is 1.76 bits per heavy atom. The third-order valence-corrected chi connectivity index (χ3v) is 3.57. The molecule has 5 nitrogen and oxygen atoms in total. The summed E-state index contributed by atoms with van der Waals surface area (Å²) in [6.07, 6.45) is 1.39. The zero-order valence-electron chi connectivity index (χ0n) is 13.1. The van der Waals surface area contributed by atoms with E-state index < -0.39 is 17.9 Å². The molecule has 0 heterocycles. The lowest BCUT2D eigenvalue weighted by atomic mass is 9.86. The number of benzene rings is 1. The third kappa shape index (κ3) is 3.61. The van der Waals surface area contributed by atoms with E-state index in [0.717, 1.165) is 16.7 Å². The smallest absolute Gasteiger partial charge is 0.324 e. The quantitative estimate of drug-likeness (QED) is 0.638. The van der Waals surface area contributed by atoms with Gasteiger partial charge in [-0.2, -0.15) is 0 Å². The maximum absolute atomic E-state index is 12.1. The maximum Gasteiger partial charge on any atom is 0.324 e. The minimum Gasteiger partial charge on any atom is -0.468 e. The van der Waals surface area contributed by atoms with Crippen molar-refractivity contribution in [1.82, 2.24) is 0 Å². The largest absolute Gasteiger partial charge is 0.468 e. The molecule has 5 heteroatoms. The molecule has 0 atom stereocenters. The summed E-state index contributed by atoms with van der Waals surface area (Å²) in [5, 5.41) is 0. The van der Waals surface area contributed by atoms with E-state index in [2.05, 4.69) is 0 Å². The van der Waals surface area contributed by atoms with Crippen molar-refractivity contribution >= 4 is 11.9 Å². The first-order chi connectivity index (χ1) is 10.0. The molecule has 0 aliphatic carbocycles. The predicted molar refractivity (Wildman–Crippen MR) is 79.9 cm³/mol. The van der Waals surface area contributed by atoms with E-state index in [9.17, 15) is 9.59 Å². The number of hydrogen-bond acceptors (Lipinski definition) is 5. The summed E-state index contributed by atoms with van der Waals surface area (Å²) in [6, 6.07) is 3.88. The Hall–Kier alpha value is -1.88. The fourth-order valence-corrected chi connectivity index (χ4v) is 2.49. The Bertz CT molecular complexity index is 484. The Labute approximate surface area is 125 Å². The van der Waals surface area contributed by atoms with E-state index in [0.29, 0.717) is 24.9 Å². The van der Waals surface area contributed by atoms with Gasteiger partial charge >= 0.3 is 11.9 Å². The van der Waals surface area contributed by atoms with Crippen LogP contribution < -0.4 is 5.73 Å². The van der Waals surface area contributed by atoms with Crippen LogP contribution >= 0.6 is 0 Å². The van der Waals surface area contributed by atoms with Crippen LogP contribution in [0, 0.1) is 0 Å². The molecule has 21 heavy (non-hydrogen) atoms. The van der Waals surface area contributed by atoms with E-state index in [4.69, 9.17) is 15.2 Å². The predicted octanol–water partition coefficient (Wildman–Crippen LogP) is 1.70. The van der Waals surface area contributed by atoms with Crippen molar-refractivity contribution in [2.24, 2.45) is 5.73 Å². The van der Waals surface area contributed by atoms with Crippen molar-refractivity contribution in [3.05, 3.63) is 34.4 Å². The molecule has 0 aromatic heterocycles. The van der Waals surface area contributed by atoms with Gasteiger partial charge in [-0.1, -0.05) is 26.0 Å². The van der Waals surface area contributed by atoms with Gasteiger partial charge in [-0.05, 0) is 35.1 Å². The van der Waals surface area contributed by atoms with Crippen LogP contribution in [0.4, 0.5) is 0 Å². The third-order valence-electron chi connectivity index (χ3n) is 3.57. The van der Waals surface area contributed by atoms with Gasteiger partial charge < -0.3 is 15.2 Å². The highest BCUT2D eigenvalue weighted by Crippen LogP contribution is 2.29. The molecule has 0 bridgehead atoms. The van der Waals surface area contributed by atoms with Crippen LogP contribution in [0.2, 0.25) is 0 Å². The molecule has 0 aliphatic rings. The van der Waals surface area contributed by atoms with Crippen molar-refractivity contribution in [3.8, 4) is 0 Å². The van der Waals surface area contributed by atoms with Gasteiger partial charge in [-0.15, -0.1) is 0 Å². The highest BCUT2D eigenvalue weighted by molar-refractivity contribution is 6.01. The number of carbonyl (C=O) groups is 2. The Morgan fingerprint density at radius 2 is 1.48 bits per heavy atom. The summed E-state index contributed by atoms with van der Waals surface area (Å²) in [5.74, 6) is -2.25. The molecule has 0 spiro atoms. The van der Waals surface area contributed by atoms with Gasteiger partial charge in [-0.25, -0.2) is 0 Å². The van der Waals surface area contributed by atoms with Gasteiger partial charge in [0.15, 0.2) is 5.92 Å². The van der Waals surface area contributed by atoms with Gasteiger partial charge in [0.2, 0.25) is 0 Å². The van der Waals surface area contributed by atoms with Gasteiger partial charge in [0, 0.05) is 6.54 Å². The van der Waals surface area contributed by atoms with Crippen LogP contribution in [-0.4, -0.2) is 26.2 Å². The Morgan fingerprint density at radius 1 is 1.05 bits per heavy atom. The summed E-state index contributed by atoms with van der Waals surface area (Å²) in [6.45, 7) is 4.37. The lowest BCUT2D eigenvalue weighted by molar-refractivity contribution is -0.154. The average molecular weight is 293 g/mol. The SMILES string of the molecule is CCc1cc(CN)cc(CC)c1C(C(=O)OC)C(=O)OC. The molecular weight excluding hydrogens is 270 g/mol. The van der Waals surface area contributed by atoms with Gasteiger partial charge in [0.05, 0.1) is 14.2 Å². The monoisotopic (exact) mass is 293 g/mol. The number of carbonyl (C=O) groups excluding carboxylic acids is 2. The molecule has 0 radical (unpaired) electrons. The average Bonchev–Trinajstić information content (AvgIpc) is 2.53. The van der Waals surface area contributed by atoms with Gasteiger partial charge in [0.1, 0.15) is 0 Å². The summed E-state index contributed by atoms with van der Waals surface area (Å²) < 4.78 is 9.56. The Kier molecular flexibility index (Phi) is 6.37. The number of hydrogen-bond donors (Lipinski definition) is 1. The first-order valence-corrected chi connectivity index (χ1v) is 7.04. The molecule has 0 saturated carbocycles. The maximum atomic E-state index is 12.1. The van der Waals surface area contributed by atoms with E-state index in [1.54, 1.807) is 0 Å². The van der Waals surface area contributed by atoms with Crippen LogP contribution in [0.15, 0.2) is 12.1 Å². The van der Waals surface area contributed by atoms with E-state index in [1.165, 1.54) is 14.2 Å². The zero-order chi connectivity index (χ0) is 16.0. The second-order valence-electron chi connectivity index (χ2n) is 4.72. The van der Waals surface area contributed by atoms with Crippen LogP contribution in [0.25, 0.3) is 0 Å². The fourth-order valence-electron chi connectivity index (χ4n) is 2.49. The van der Waals surface area contributed by atoms with Crippen LogP contribution in [0.3, 0.4) is 0 Å². The molecular formula is C16H23NO4. The molecule has 0 unspecified atom stereocenters. The minimum atomic E-state index is -1.04. The second-order valence-corrected chi connectivity index (χ2v) is 4.72. The first kappa shape index (κ1) is 17.2. The summed E-state index contributed by atoms with van der Waals surface area (Å²) in [7, 11) is 2.54. The molecule has 1 rings (SSSR count). The first-order valence-electron chi connectivity index (χ1n) is 7.04. The van der Waals surface area contributed by atoms with E-state index in [-0.39, 0.29) is 0 Å². The lowest BCUT2D eigenvalue weighted by Gasteiger charge is -2.21. The van der Waals surface area contributed by atoms with Crippen molar-refractivity contribution in [1.29, 1.82) is 0 Å². The highest BCUT2D eigenvalue weighted by atomic mass is 16.5. The molecule has 2 N–H and O–H groups in total. The number of methoxy groups -OCH3 is 2. The molecule has 116 valence electrons. The summed E-state index contributed by atoms with van der Waals surface area (Å²) in [5.41, 5.74) is 9.24. The summed E-state index contributed by atoms with van der Waals surface area (Å²) in [4.78, 5) is 24.1. The van der Waals surface area contributed by atoms with Crippen molar-refractivity contribution in [2.75, 3.05) is 14.2 Å². The number of nitrogens with two attached hydrogens (primary N) is 1. The van der Waals surface area contributed by atoms with Crippen LogP contribution in [0.1, 0.15) is 42.0 Å². The standard InChI is InChI=1S/C16H23NO4/c1-5-11-7-10(9-17)8-12(6-2)13(11)14(15(18)20-3)16(19)21-4/h7-8,14H,5-6,9,17H2,1-4H3.